The molecule has 1 aromatic carbocycles. The summed E-state index contributed by atoms with van der Waals surface area (Å²) in [6.07, 6.45) is 3.55. The fourth-order valence-electron chi connectivity index (χ4n) is 3.91. The van der Waals surface area contributed by atoms with Gasteiger partial charge in [-0.1, -0.05) is 29.3 Å². The summed E-state index contributed by atoms with van der Waals surface area (Å²) in [6.45, 7) is 2.90. The molecule has 2 aliphatic rings. The van der Waals surface area contributed by atoms with Crippen molar-refractivity contribution in [2.45, 2.75) is 58.4 Å². The van der Waals surface area contributed by atoms with E-state index < -0.39 is 36.3 Å². The van der Waals surface area contributed by atoms with Crippen molar-refractivity contribution in [3.05, 3.63) is 51.8 Å². The molecule has 2 heterocycles. The highest BCUT2D eigenvalue weighted by molar-refractivity contribution is 6.35. The van der Waals surface area contributed by atoms with Gasteiger partial charge >= 0.3 is 18.7 Å². The van der Waals surface area contributed by atoms with E-state index in [9.17, 15) is 18.4 Å². The van der Waals surface area contributed by atoms with E-state index in [0.717, 1.165) is 12.8 Å². The molecule has 212 valence electrons. The number of benzene rings is 1. The number of carbonyl (C=O) groups is 2. The summed E-state index contributed by atoms with van der Waals surface area (Å²) in [7, 11) is 0. The third kappa shape index (κ3) is 8.08. The van der Waals surface area contributed by atoms with E-state index in [0.29, 0.717) is 23.7 Å². The first-order chi connectivity index (χ1) is 18.4. The molecule has 1 amide bonds. The van der Waals surface area contributed by atoms with Gasteiger partial charge in [-0.15, -0.1) is 0 Å². The Kier molecular flexibility index (Phi) is 9.06. The lowest BCUT2D eigenvalue weighted by Gasteiger charge is -2.38. The van der Waals surface area contributed by atoms with Crippen molar-refractivity contribution >= 4 is 35.3 Å². The van der Waals surface area contributed by atoms with Crippen LogP contribution in [0.25, 0.3) is 0 Å². The minimum absolute atomic E-state index is 0.0888. The molecule has 0 radical (unpaired) electrons. The lowest BCUT2D eigenvalue weighted by atomic mass is 9.99. The lowest BCUT2D eigenvalue weighted by molar-refractivity contribution is -0.159. The summed E-state index contributed by atoms with van der Waals surface area (Å²) in [5.41, 5.74) is 0.322. The Morgan fingerprint density at radius 2 is 1.77 bits per heavy atom. The van der Waals surface area contributed by atoms with E-state index in [1.807, 2.05) is 0 Å². The van der Waals surface area contributed by atoms with E-state index in [1.54, 1.807) is 20.8 Å². The Bertz CT molecular complexity index is 1180. The molecule has 1 saturated carbocycles. The zero-order valence-electron chi connectivity index (χ0n) is 21.8. The van der Waals surface area contributed by atoms with Crippen LogP contribution in [-0.2, 0) is 20.7 Å². The van der Waals surface area contributed by atoms with E-state index in [1.165, 1.54) is 35.5 Å². The van der Waals surface area contributed by atoms with Crippen molar-refractivity contribution in [3.8, 4) is 11.5 Å². The highest BCUT2D eigenvalue weighted by Crippen LogP contribution is 2.38. The van der Waals surface area contributed by atoms with Crippen LogP contribution >= 0.6 is 23.2 Å². The fraction of sp³-hybridized carbons (Fsp3) is 0.519. The summed E-state index contributed by atoms with van der Waals surface area (Å²) >= 11 is 12.7. The summed E-state index contributed by atoms with van der Waals surface area (Å²) < 4.78 is 47.7. The first-order valence-electron chi connectivity index (χ1n) is 12.6. The Balaban J connectivity index is 1.54. The predicted octanol–water partition coefficient (Wildman–Crippen LogP) is 6.47. The van der Waals surface area contributed by atoms with Crippen molar-refractivity contribution < 1.29 is 37.3 Å². The number of pyridine rings is 1. The molecule has 1 aliphatic heterocycles. The number of alkyl halides is 2. The Labute approximate surface area is 235 Å². The summed E-state index contributed by atoms with van der Waals surface area (Å²) in [5.74, 6) is -0.730. The SMILES string of the molecule is CC(C)(C)OC(=O)N1CC(C(=O)O[C@@H](Cc2c(Cl)cncc2Cl)c2ccc(OC(F)F)c(OCC3CC3)c2)C1. The molecular formula is C27H30Cl2F2N2O6. The standard InChI is InChI=1S/C27H30Cl2F2N2O6/c1-27(2,3)39-26(35)33-12-17(13-33)24(34)37-22(9-18-19(28)10-32-11-20(18)29)16-6-7-21(38-25(30)31)23(8-16)36-14-15-4-5-15/h6-8,10-11,15,17,22,25H,4-5,9,12-14H2,1-3H3/t22-/m0/s1. The van der Waals surface area contributed by atoms with Gasteiger partial charge in [-0.05, 0) is 62.8 Å². The highest BCUT2D eigenvalue weighted by Gasteiger charge is 2.40. The van der Waals surface area contributed by atoms with Crippen molar-refractivity contribution in [3.63, 3.8) is 0 Å². The zero-order valence-corrected chi connectivity index (χ0v) is 23.3. The molecule has 0 unspecified atom stereocenters. The predicted molar refractivity (Wildman–Crippen MR) is 139 cm³/mol. The van der Waals surface area contributed by atoms with Crippen molar-refractivity contribution in [1.29, 1.82) is 0 Å². The highest BCUT2D eigenvalue weighted by atomic mass is 35.5. The molecule has 2 aromatic rings. The first-order valence-corrected chi connectivity index (χ1v) is 13.3. The molecular weight excluding hydrogens is 557 g/mol. The van der Waals surface area contributed by atoms with Crippen molar-refractivity contribution in [2.24, 2.45) is 11.8 Å². The van der Waals surface area contributed by atoms with Crippen LogP contribution in [-0.4, -0.2) is 53.9 Å². The maximum absolute atomic E-state index is 13.1. The van der Waals surface area contributed by atoms with Crippen LogP contribution in [0.4, 0.5) is 13.6 Å². The Morgan fingerprint density at radius 1 is 1.10 bits per heavy atom. The van der Waals surface area contributed by atoms with Crippen LogP contribution < -0.4 is 9.47 Å². The molecule has 4 rings (SSSR count). The van der Waals surface area contributed by atoms with Crippen molar-refractivity contribution in [1.82, 2.24) is 9.88 Å². The smallest absolute Gasteiger partial charge is 0.410 e. The van der Waals surface area contributed by atoms with Gasteiger partial charge in [0.1, 0.15) is 11.7 Å². The average molecular weight is 587 g/mol. The molecule has 1 saturated heterocycles. The van der Waals surface area contributed by atoms with Gasteiger partial charge in [-0.2, -0.15) is 8.78 Å². The first kappa shape index (κ1) is 29.1. The fourth-order valence-corrected chi connectivity index (χ4v) is 4.43. The summed E-state index contributed by atoms with van der Waals surface area (Å²) in [5, 5.41) is 0.567. The van der Waals surface area contributed by atoms with E-state index >= 15 is 0 Å². The van der Waals surface area contributed by atoms with E-state index in [-0.39, 0.29) is 41.1 Å². The third-order valence-electron chi connectivity index (χ3n) is 6.19. The topological polar surface area (TPSA) is 87.2 Å². The number of hydrogen-bond acceptors (Lipinski definition) is 7. The van der Waals surface area contributed by atoms with Crippen molar-refractivity contribution in [2.75, 3.05) is 19.7 Å². The number of ether oxygens (including phenoxy) is 4. The molecule has 1 aliphatic carbocycles. The second-order valence-electron chi connectivity index (χ2n) is 10.6. The second kappa shape index (κ2) is 12.1. The maximum Gasteiger partial charge on any atom is 0.410 e. The van der Waals surface area contributed by atoms with Crippen LogP contribution in [0.15, 0.2) is 30.6 Å². The zero-order chi connectivity index (χ0) is 28.3. The molecule has 1 atom stereocenters. The van der Waals surface area contributed by atoms with Crippen LogP contribution in [0, 0.1) is 11.8 Å². The number of aromatic nitrogens is 1. The molecule has 0 bridgehead atoms. The van der Waals surface area contributed by atoms with Gasteiger partial charge in [0, 0.05) is 31.9 Å². The Hall–Kier alpha value is -2.85. The molecule has 0 N–H and O–H groups in total. The quantitative estimate of drug-likeness (QED) is 0.295. The van der Waals surface area contributed by atoms with Gasteiger partial charge in [0.2, 0.25) is 0 Å². The number of likely N-dealkylation sites (tertiary alicyclic amines) is 1. The van der Waals surface area contributed by atoms with Crippen LogP contribution in [0.2, 0.25) is 10.0 Å². The average Bonchev–Trinajstić information content (AvgIpc) is 3.62. The summed E-state index contributed by atoms with van der Waals surface area (Å²) in [4.78, 5) is 30.8. The van der Waals surface area contributed by atoms with E-state index in [4.69, 9.17) is 37.4 Å². The normalized spacial score (nSPS) is 16.5. The molecule has 0 spiro atoms. The number of halogens is 4. The van der Waals surface area contributed by atoms with Crippen LogP contribution in [0.3, 0.4) is 0 Å². The maximum atomic E-state index is 13.1. The number of hydrogen-bond donors (Lipinski definition) is 0. The molecule has 8 nitrogen and oxygen atoms in total. The van der Waals surface area contributed by atoms with Crippen LogP contribution in [0.5, 0.6) is 11.5 Å². The van der Waals surface area contributed by atoms with E-state index in [2.05, 4.69) is 9.72 Å². The van der Waals surface area contributed by atoms with Gasteiger partial charge in [0.15, 0.2) is 11.5 Å². The second-order valence-corrected chi connectivity index (χ2v) is 11.4. The number of carbonyl (C=O) groups excluding carboxylic acids is 2. The number of rotatable bonds is 10. The largest absolute Gasteiger partial charge is 0.489 e. The lowest BCUT2D eigenvalue weighted by Crippen LogP contribution is -2.54. The number of nitrogens with zero attached hydrogens (tertiary/aromatic N) is 2. The van der Waals surface area contributed by atoms with Gasteiger partial charge in [-0.25, -0.2) is 4.79 Å². The number of amides is 1. The summed E-state index contributed by atoms with van der Waals surface area (Å²) in [6, 6.07) is 4.40. The molecule has 1 aromatic heterocycles. The van der Waals surface area contributed by atoms with Gasteiger partial charge < -0.3 is 23.8 Å². The monoisotopic (exact) mass is 586 g/mol. The number of esters is 1. The Morgan fingerprint density at radius 3 is 2.36 bits per heavy atom. The van der Waals surface area contributed by atoms with Crippen LogP contribution in [0.1, 0.15) is 50.8 Å². The van der Waals surface area contributed by atoms with Gasteiger partial charge in [0.25, 0.3) is 0 Å². The van der Waals surface area contributed by atoms with Gasteiger partial charge in [0.05, 0.1) is 22.6 Å². The minimum atomic E-state index is -3.03. The minimum Gasteiger partial charge on any atom is -0.489 e. The molecule has 39 heavy (non-hydrogen) atoms. The molecule has 2 fully saturated rings. The molecule has 12 heteroatoms. The van der Waals surface area contributed by atoms with Gasteiger partial charge in [-0.3, -0.25) is 9.78 Å². The third-order valence-corrected chi connectivity index (χ3v) is 6.85.